The van der Waals surface area contributed by atoms with Crippen LogP contribution < -0.4 is 5.73 Å². The van der Waals surface area contributed by atoms with Crippen molar-refractivity contribution >= 4 is 5.82 Å². The first-order valence-electron chi connectivity index (χ1n) is 4.82. The van der Waals surface area contributed by atoms with E-state index in [0.717, 1.165) is 6.07 Å². The van der Waals surface area contributed by atoms with Crippen LogP contribution in [-0.2, 0) is 6.18 Å². The van der Waals surface area contributed by atoms with Gasteiger partial charge in [-0.05, 0) is 18.2 Å². The molecule has 0 unspecified atom stereocenters. The van der Waals surface area contributed by atoms with Crippen molar-refractivity contribution in [2.45, 2.75) is 6.18 Å². The van der Waals surface area contributed by atoms with Crippen LogP contribution in [0.5, 0.6) is 0 Å². The second-order valence-electron chi connectivity index (χ2n) is 3.52. The molecule has 0 saturated carbocycles. The van der Waals surface area contributed by atoms with Crippen LogP contribution in [0, 0.1) is 5.82 Å². The number of aromatic nitrogens is 2. The van der Waals surface area contributed by atoms with Crippen LogP contribution in [0.25, 0.3) is 11.3 Å². The Hall–Kier alpha value is -2.18. The molecule has 7 heteroatoms. The van der Waals surface area contributed by atoms with Crippen LogP contribution in [0.15, 0.2) is 30.6 Å². The maximum Gasteiger partial charge on any atom is 0.419 e. The topological polar surface area (TPSA) is 51.8 Å². The van der Waals surface area contributed by atoms with Gasteiger partial charge in [-0.25, -0.2) is 9.37 Å². The van der Waals surface area contributed by atoms with Crippen molar-refractivity contribution in [2.24, 2.45) is 0 Å². The fraction of sp³-hybridized carbons (Fsp3) is 0.0909. The van der Waals surface area contributed by atoms with Gasteiger partial charge >= 0.3 is 6.18 Å². The monoisotopic (exact) mass is 257 g/mol. The molecule has 3 nitrogen and oxygen atoms in total. The highest BCUT2D eigenvalue weighted by atomic mass is 19.4. The summed E-state index contributed by atoms with van der Waals surface area (Å²) >= 11 is 0. The Kier molecular flexibility index (Phi) is 2.90. The zero-order valence-corrected chi connectivity index (χ0v) is 8.87. The first kappa shape index (κ1) is 12.3. The third kappa shape index (κ3) is 2.39. The fourth-order valence-corrected chi connectivity index (χ4v) is 1.42. The second kappa shape index (κ2) is 4.25. The SMILES string of the molecule is Nc1cncc(-c2ccc(F)c(C(F)(F)F)c2)n1. The van der Waals surface area contributed by atoms with Crippen LogP contribution in [0.3, 0.4) is 0 Å². The number of rotatable bonds is 1. The first-order chi connectivity index (χ1) is 8.38. The molecule has 2 rings (SSSR count). The molecule has 0 radical (unpaired) electrons. The summed E-state index contributed by atoms with van der Waals surface area (Å²) in [6.07, 6.45) is -2.24. The number of anilines is 1. The highest BCUT2D eigenvalue weighted by molar-refractivity contribution is 5.60. The van der Waals surface area contributed by atoms with Crippen LogP contribution in [0.2, 0.25) is 0 Å². The maximum absolute atomic E-state index is 13.1. The second-order valence-corrected chi connectivity index (χ2v) is 3.52. The highest BCUT2D eigenvalue weighted by Gasteiger charge is 2.34. The van der Waals surface area contributed by atoms with Crippen LogP contribution >= 0.6 is 0 Å². The minimum absolute atomic E-state index is 0.0744. The standard InChI is InChI=1S/C11H7F4N3/c12-8-2-1-6(3-7(8)11(13,14)15)9-4-17-5-10(16)18-9/h1-5H,(H2,16,18). The zero-order valence-electron chi connectivity index (χ0n) is 8.87. The summed E-state index contributed by atoms with van der Waals surface area (Å²) in [7, 11) is 0. The van der Waals surface area contributed by atoms with Gasteiger partial charge in [0.15, 0.2) is 0 Å². The van der Waals surface area contributed by atoms with Crippen molar-refractivity contribution in [1.29, 1.82) is 0 Å². The van der Waals surface area contributed by atoms with E-state index < -0.39 is 17.6 Å². The number of hydrogen-bond donors (Lipinski definition) is 1. The fourth-order valence-electron chi connectivity index (χ4n) is 1.42. The third-order valence-electron chi connectivity index (χ3n) is 2.22. The minimum atomic E-state index is -4.76. The lowest BCUT2D eigenvalue weighted by molar-refractivity contribution is -0.139. The van der Waals surface area contributed by atoms with Gasteiger partial charge in [-0.1, -0.05) is 0 Å². The highest BCUT2D eigenvalue weighted by Crippen LogP contribution is 2.33. The van der Waals surface area contributed by atoms with E-state index in [2.05, 4.69) is 9.97 Å². The molecule has 18 heavy (non-hydrogen) atoms. The van der Waals surface area contributed by atoms with E-state index in [9.17, 15) is 17.6 Å². The number of nitrogens with two attached hydrogens (primary N) is 1. The van der Waals surface area contributed by atoms with Crippen LogP contribution in [0.1, 0.15) is 5.56 Å². The molecule has 0 amide bonds. The lowest BCUT2D eigenvalue weighted by Crippen LogP contribution is -2.08. The molecule has 0 spiro atoms. The summed E-state index contributed by atoms with van der Waals surface area (Å²) in [5, 5.41) is 0. The molecule has 2 aromatic rings. The third-order valence-corrected chi connectivity index (χ3v) is 2.22. The van der Waals surface area contributed by atoms with Crippen LogP contribution in [-0.4, -0.2) is 9.97 Å². The average molecular weight is 257 g/mol. The Labute approximate surface area is 99.3 Å². The molecular formula is C11H7F4N3. The molecule has 1 aromatic carbocycles. The van der Waals surface area contributed by atoms with Gasteiger partial charge in [0, 0.05) is 5.56 Å². The Balaban J connectivity index is 2.54. The molecule has 0 fully saturated rings. The number of nitrogens with zero attached hydrogens (tertiary/aromatic N) is 2. The molecule has 1 aromatic heterocycles. The van der Waals surface area contributed by atoms with Gasteiger partial charge in [-0.2, -0.15) is 13.2 Å². The normalized spacial score (nSPS) is 11.6. The van der Waals surface area contributed by atoms with Gasteiger partial charge in [0.1, 0.15) is 11.6 Å². The smallest absolute Gasteiger partial charge is 0.382 e. The molecule has 0 atom stereocenters. The summed E-state index contributed by atoms with van der Waals surface area (Å²) in [5.41, 5.74) is 4.29. The van der Waals surface area contributed by atoms with Crippen molar-refractivity contribution in [1.82, 2.24) is 9.97 Å². The quantitative estimate of drug-likeness (QED) is 0.799. The summed E-state index contributed by atoms with van der Waals surface area (Å²) in [5.74, 6) is -1.26. The van der Waals surface area contributed by atoms with Gasteiger partial charge in [-0.15, -0.1) is 0 Å². The van der Waals surface area contributed by atoms with E-state index in [-0.39, 0.29) is 17.1 Å². The predicted octanol–water partition coefficient (Wildman–Crippen LogP) is 2.88. The van der Waals surface area contributed by atoms with Crippen molar-refractivity contribution < 1.29 is 17.6 Å². The van der Waals surface area contributed by atoms with E-state index in [4.69, 9.17) is 5.73 Å². The molecule has 0 aliphatic carbocycles. The largest absolute Gasteiger partial charge is 0.419 e. The molecule has 0 saturated heterocycles. The predicted molar refractivity (Wildman–Crippen MR) is 56.8 cm³/mol. The molecule has 0 bridgehead atoms. The average Bonchev–Trinajstić information content (AvgIpc) is 2.28. The Morgan fingerprint density at radius 1 is 1.11 bits per heavy atom. The van der Waals surface area contributed by atoms with Gasteiger partial charge < -0.3 is 5.73 Å². The van der Waals surface area contributed by atoms with E-state index >= 15 is 0 Å². The van der Waals surface area contributed by atoms with E-state index in [0.29, 0.717) is 6.07 Å². The first-order valence-corrected chi connectivity index (χ1v) is 4.82. The van der Waals surface area contributed by atoms with Crippen molar-refractivity contribution in [2.75, 3.05) is 5.73 Å². The zero-order chi connectivity index (χ0) is 13.3. The lowest BCUT2D eigenvalue weighted by Gasteiger charge is -2.09. The van der Waals surface area contributed by atoms with Gasteiger partial charge in [-0.3, -0.25) is 4.98 Å². The van der Waals surface area contributed by atoms with E-state index in [1.807, 2.05) is 0 Å². The van der Waals surface area contributed by atoms with Crippen LogP contribution in [0.4, 0.5) is 23.4 Å². The number of benzene rings is 1. The van der Waals surface area contributed by atoms with E-state index in [1.165, 1.54) is 18.5 Å². The van der Waals surface area contributed by atoms with Gasteiger partial charge in [0.2, 0.25) is 0 Å². The summed E-state index contributed by atoms with van der Waals surface area (Å²) in [6.45, 7) is 0. The molecule has 0 aliphatic heterocycles. The van der Waals surface area contributed by atoms with E-state index in [1.54, 1.807) is 0 Å². The number of hydrogen-bond acceptors (Lipinski definition) is 3. The van der Waals surface area contributed by atoms with Crippen molar-refractivity contribution in [3.63, 3.8) is 0 Å². The Morgan fingerprint density at radius 2 is 1.83 bits per heavy atom. The van der Waals surface area contributed by atoms with Gasteiger partial charge in [0.05, 0.1) is 23.7 Å². The molecule has 2 N–H and O–H groups in total. The van der Waals surface area contributed by atoms with Crippen molar-refractivity contribution in [3.8, 4) is 11.3 Å². The summed E-state index contributed by atoms with van der Waals surface area (Å²) < 4.78 is 50.6. The summed E-state index contributed by atoms with van der Waals surface area (Å²) in [6, 6.07) is 2.61. The molecule has 94 valence electrons. The number of alkyl halides is 3. The molecular weight excluding hydrogens is 250 g/mol. The van der Waals surface area contributed by atoms with Gasteiger partial charge in [0.25, 0.3) is 0 Å². The molecule has 0 aliphatic rings. The minimum Gasteiger partial charge on any atom is -0.382 e. The summed E-state index contributed by atoms with van der Waals surface area (Å²) in [4.78, 5) is 7.53. The number of nitrogen functional groups attached to an aromatic ring is 1. The van der Waals surface area contributed by atoms with Crippen molar-refractivity contribution in [3.05, 3.63) is 42.0 Å². The molecule has 1 heterocycles. The Morgan fingerprint density at radius 3 is 2.44 bits per heavy atom. The number of halogens is 4. The Bertz CT molecular complexity index is 581. The lowest BCUT2D eigenvalue weighted by atomic mass is 10.1. The maximum atomic E-state index is 13.1.